The van der Waals surface area contributed by atoms with Crippen LogP contribution in [0, 0.1) is 5.82 Å². The van der Waals surface area contributed by atoms with Crippen LogP contribution >= 0.6 is 0 Å². The van der Waals surface area contributed by atoms with E-state index in [1.165, 1.54) is 12.1 Å². The fourth-order valence-electron chi connectivity index (χ4n) is 4.22. The maximum atomic E-state index is 13.3. The molecule has 2 amide bonds. The highest BCUT2D eigenvalue weighted by Crippen LogP contribution is 2.39. The quantitative estimate of drug-likeness (QED) is 0.883. The summed E-state index contributed by atoms with van der Waals surface area (Å²) in [5.74, 6) is -0.510. The molecule has 0 aromatic heterocycles. The standard InChI is InChI=1S/C21H21FN2O2/c22-15-9-7-14(8-10-15)21(11-3-4-12-21)24-19(25)13-18-16-5-1-2-6-17(16)20(26)23-18/h1-2,5-10,18H,3-4,11-13H2,(H,23,26)(H,24,25)/t18-/m1/s1. The highest BCUT2D eigenvalue weighted by atomic mass is 19.1. The molecule has 0 bridgehead atoms. The second-order valence-electron chi connectivity index (χ2n) is 7.16. The van der Waals surface area contributed by atoms with Gasteiger partial charge in [-0.2, -0.15) is 0 Å². The number of halogens is 1. The van der Waals surface area contributed by atoms with Crippen LogP contribution in [0.3, 0.4) is 0 Å². The topological polar surface area (TPSA) is 58.2 Å². The molecule has 0 spiro atoms. The van der Waals surface area contributed by atoms with Crippen molar-refractivity contribution in [3.63, 3.8) is 0 Å². The van der Waals surface area contributed by atoms with Crippen LogP contribution in [0.5, 0.6) is 0 Å². The van der Waals surface area contributed by atoms with Gasteiger partial charge in [0, 0.05) is 5.56 Å². The van der Waals surface area contributed by atoms with E-state index >= 15 is 0 Å². The molecule has 0 radical (unpaired) electrons. The monoisotopic (exact) mass is 352 g/mol. The molecule has 1 heterocycles. The minimum Gasteiger partial charge on any atom is -0.347 e. The summed E-state index contributed by atoms with van der Waals surface area (Å²) in [5, 5.41) is 6.07. The van der Waals surface area contributed by atoms with Gasteiger partial charge in [-0.3, -0.25) is 9.59 Å². The molecule has 2 aliphatic rings. The maximum Gasteiger partial charge on any atom is 0.252 e. The van der Waals surface area contributed by atoms with Crippen LogP contribution in [0.25, 0.3) is 0 Å². The molecule has 5 heteroatoms. The van der Waals surface area contributed by atoms with Gasteiger partial charge >= 0.3 is 0 Å². The Morgan fingerprint density at radius 3 is 2.54 bits per heavy atom. The molecule has 2 aromatic rings. The highest BCUT2D eigenvalue weighted by molar-refractivity contribution is 5.99. The van der Waals surface area contributed by atoms with E-state index < -0.39 is 5.54 Å². The number of nitrogens with one attached hydrogen (secondary N) is 2. The van der Waals surface area contributed by atoms with Crippen LogP contribution in [-0.4, -0.2) is 11.8 Å². The third-order valence-corrected chi connectivity index (χ3v) is 5.51. The summed E-state index contributed by atoms with van der Waals surface area (Å²) in [6.07, 6.45) is 3.95. The molecule has 1 atom stereocenters. The van der Waals surface area contributed by atoms with Gasteiger partial charge in [0.2, 0.25) is 5.91 Å². The lowest BCUT2D eigenvalue weighted by molar-refractivity contribution is -0.123. The zero-order valence-corrected chi connectivity index (χ0v) is 14.4. The lowest BCUT2D eigenvalue weighted by Crippen LogP contribution is -2.44. The summed E-state index contributed by atoms with van der Waals surface area (Å²) in [5.41, 5.74) is 2.02. The van der Waals surface area contributed by atoms with Gasteiger partial charge in [0.15, 0.2) is 0 Å². The number of hydrogen-bond donors (Lipinski definition) is 2. The van der Waals surface area contributed by atoms with Crippen molar-refractivity contribution in [1.82, 2.24) is 10.6 Å². The first-order chi connectivity index (χ1) is 12.6. The first-order valence-electron chi connectivity index (χ1n) is 9.04. The van der Waals surface area contributed by atoms with E-state index in [1.54, 1.807) is 18.2 Å². The molecule has 26 heavy (non-hydrogen) atoms. The third-order valence-electron chi connectivity index (χ3n) is 5.51. The molecule has 2 aromatic carbocycles. The first-order valence-corrected chi connectivity index (χ1v) is 9.04. The minimum absolute atomic E-state index is 0.0989. The van der Waals surface area contributed by atoms with Gasteiger partial charge < -0.3 is 10.6 Å². The molecule has 4 nitrogen and oxygen atoms in total. The van der Waals surface area contributed by atoms with Crippen LogP contribution in [0.15, 0.2) is 48.5 Å². The van der Waals surface area contributed by atoms with Crippen LogP contribution in [0.1, 0.15) is 59.6 Å². The van der Waals surface area contributed by atoms with Crippen molar-refractivity contribution in [3.05, 3.63) is 71.0 Å². The summed E-state index contributed by atoms with van der Waals surface area (Å²) in [6.45, 7) is 0. The van der Waals surface area contributed by atoms with Gasteiger partial charge in [-0.05, 0) is 42.2 Å². The maximum absolute atomic E-state index is 13.3. The summed E-state index contributed by atoms with van der Waals surface area (Å²) in [7, 11) is 0. The fourth-order valence-corrected chi connectivity index (χ4v) is 4.22. The number of hydrogen-bond acceptors (Lipinski definition) is 2. The Balaban J connectivity index is 1.52. The highest BCUT2D eigenvalue weighted by Gasteiger charge is 2.38. The Morgan fingerprint density at radius 2 is 1.81 bits per heavy atom. The van der Waals surface area contributed by atoms with Gasteiger partial charge in [0.05, 0.1) is 18.0 Å². The second-order valence-corrected chi connectivity index (χ2v) is 7.16. The molecule has 1 saturated carbocycles. The molecular formula is C21H21FN2O2. The zero-order valence-electron chi connectivity index (χ0n) is 14.4. The fraction of sp³-hybridized carbons (Fsp3) is 0.333. The molecule has 1 aliphatic carbocycles. The SMILES string of the molecule is O=C(C[C@H]1NC(=O)c2ccccc21)NC1(c2ccc(F)cc2)CCCC1. The van der Waals surface area contributed by atoms with E-state index in [1.807, 2.05) is 18.2 Å². The van der Waals surface area contributed by atoms with Gasteiger partial charge in [-0.25, -0.2) is 4.39 Å². The van der Waals surface area contributed by atoms with Crippen molar-refractivity contribution in [2.24, 2.45) is 0 Å². The molecule has 4 rings (SSSR count). The van der Waals surface area contributed by atoms with Gasteiger partial charge in [0.25, 0.3) is 5.91 Å². The summed E-state index contributed by atoms with van der Waals surface area (Å²) in [4.78, 5) is 24.8. The van der Waals surface area contributed by atoms with E-state index in [0.717, 1.165) is 36.8 Å². The Kier molecular flexibility index (Phi) is 4.23. The summed E-state index contributed by atoms with van der Waals surface area (Å²) < 4.78 is 13.3. The molecule has 134 valence electrons. The van der Waals surface area contributed by atoms with Crippen molar-refractivity contribution in [2.45, 2.75) is 43.7 Å². The predicted molar refractivity (Wildman–Crippen MR) is 96.0 cm³/mol. The minimum atomic E-state index is -0.438. The number of rotatable bonds is 4. The average Bonchev–Trinajstić information content (AvgIpc) is 3.22. The Morgan fingerprint density at radius 1 is 1.12 bits per heavy atom. The normalized spacial score (nSPS) is 20.5. The molecule has 0 unspecified atom stereocenters. The Bertz CT molecular complexity index is 841. The van der Waals surface area contributed by atoms with E-state index in [-0.39, 0.29) is 30.1 Å². The van der Waals surface area contributed by atoms with Crippen LogP contribution < -0.4 is 10.6 Å². The average molecular weight is 352 g/mol. The van der Waals surface area contributed by atoms with Crippen LogP contribution in [-0.2, 0) is 10.3 Å². The van der Waals surface area contributed by atoms with Crippen molar-refractivity contribution < 1.29 is 14.0 Å². The summed E-state index contributed by atoms with van der Waals surface area (Å²) in [6, 6.07) is 13.5. The largest absolute Gasteiger partial charge is 0.347 e. The number of carbonyl (C=O) groups is 2. The smallest absolute Gasteiger partial charge is 0.252 e. The summed E-state index contributed by atoms with van der Waals surface area (Å²) >= 11 is 0. The molecule has 0 saturated heterocycles. The number of benzene rings is 2. The van der Waals surface area contributed by atoms with Gasteiger partial charge in [0.1, 0.15) is 5.82 Å². The number of amides is 2. The number of fused-ring (bicyclic) bond motifs is 1. The molecule has 1 fully saturated rings. The Hall–Kier alpha value is -2.69. The van der Waals surface area contributed by atoms with E-state index in [9.17, 15) is 14.0 Å². The van der Waals surface area contributed by atoms with Crippen molar-refractivity contribution in [2.75, 3.05) is 0 Å². The number of carbonyl (C=O) groups excluding carboxylic acids is 2. The van der Waals surface area contributed by atoms with Crippen molar-refractivity contribution in [3.8, 4) is 0 Å². The van der Waals surface area contributed by atoms with Crippen molar-refractivity contribution in [1.29, 1.82) is 0 Å². The molecular weight excluding hydrogens is 331 g/mol. The first kappa shape index (κ1) is 16.8. The lowest BCUT2D eigenvalue weighted by Gasteiger charge is -2.31. The molecule has 1 aliphatic heterocycles. The lowest BCUT2D eigenvalue weighted by atomic mass is 9.87. The zero-order chi connectivity index (χ0) is 18.1. The van der Waals surface area contributed by atoms with Gasteiger partial charge in [-0.15, -0.1) is 0 Å². The Labute approximate surface area is 151 Å². The van der Waals surface area contributed by atoms with E-state index in [0.29, 0.717) is 5.56 Å². The second kappa shape index (κ2) is 6.56. The third kappa shape index (κ3) is 2.98. The van der Waals surface area contributed by atoms with Crippen LogP contribution in [0.2, 0.25) is 0 Å². The van der Waals surface area contributed by atoms with E-state index in [2.05, 4.69) is 10.6 Å². The molecule has 2 N–H and O–H groups in total. The predicted octanol–water partition coefficient (Wildman–Crippen LogP) is 3.59. The van der Waals surface area contributed by atoms with Gasteiger partial charge in [-0.1, -0.05) is 43.2 Å². The van der Waals surface area contributed by atoms with E-state index in [4.69, 9.17) is 0 Å². The van der Waals surface area contributed by atoms with Crippen LogP contribution in [0.4, 0.5) is 4.39 Å². The van der Waals surface area contributed by atoms with Crippen molar-refractivity contribution >= 4 is 11.8 Å².